The molecule has 6 heteroatoms. The van der Waals surface area contributed by atoms with Gasteiger partial charge in [0.25, 0.3) is 0 Å². The van der Waals surface area contributed by atoms with Gasteiger partial charge in [-0.05, 0) is 39.7 Å². The molecule has 0 atom stereocenters. The predicted molar refractivity (Wildman–Crippen MR) is 79.0 cm³/mol. The van der Waals surface area contributed by atoms with Gasteiger partial charge in [-0.3, -0.25) is 4.98 Å². The number of nitrogens with zero attached hydrogens (tertiary/aromatic N) is 1. The third-order valence-corrected chi connectivity index (χ3v) is 3.32. The first-order valence-electron chi connectivity index (χ1n) is 6.69. The van der Waals surface area contributed by atoms with E-state index in [1.165, 1.54) is 0 Å². The molecule has 1 aromatic rings. The second-order valence-corrected chi connectivity index (χ2v) is 6.42. The molecule has 1 fully saturated rings. The van der Waals surface area contributed by atoms with Crippen LogP contribution in [0.25, 0.3) is 0 Å². The molecule has 0 bridgehead atoms. The Balaban J connectivity index is 1.73. The number of ether oxygens (including phenoxy) is 1. The van der Waals surface area contributed by atoms with Gasteiger partial charge in [0.15, 0.2) is 0 Å². The van der Waals surface area contributed by atoms with E-state index in [2.05, 4.69) is 15.6 Å². The minimum absolute atomic E-state index is 0.151. The molecule has 1 amide bonds. The van der Waals surface area contributed by atoms with Crippen molar-refractivity contribution in [3.63, 3.8) is 0 Å². The Morgan fingerprint density at radius 2 is 2.10 bits per heavy atom. The van der Waals surface area contributed by atoms with Crippen LogP contribution >= 0.6 is 11.6 Å². The molecule has 0 saturated heterocycles. The molecule has 1 aromatic heterocycles. The van der Waals surface area contributed by atoms with Crippen LogP contribution < -0.4 is 10.6 Å². The summed E-state index contributed by atoms with van der Waals surface area (Å²) in [6.45, 7) is 5.55. The average Bonchev–Trinajstić information content (AvgIpc) is 2.26. The third-order valence-electron chi connectivity index (χ3n) is 2.99. The van der Waals surface area contributed by atoms with Gasteiger partial charge in [0.2, 0.25) is 0 Å². The molecule has 0 radical (unpaired) electrons. The fraction of sp³-hybridized carbons (Fsp3) is 0.571. The van der Waals surface area contributed by atoms with E-state index in [1.54, 1.807) is 18.5 Å². The van der Waals surface area contributed by atoms with Crippen LogP contribution in [0.2, 0.25) is 5.02 Å². The zero-order chi connectivity index (χ0) is 14.8. The van der Waals surface area contributed by atoms with Crippen molar-refractivity contribution >= 4 is 23.4 Å². The molecular formula is C14H20ClN3O2. The lowest BCUT2D eigenvalue weighted by molar-refractivity contribution is 0.0475. The van der Waals surface area contributed by atoms with E-state index < -0.39 is 5.60 Å². The van der Waals surface area contributed by atoms with Crippen LogP contribution in [0, 0.1) is 0 Å². The summed E-state index contributed by atoms with van der Waals surface area (Å²) in [6.07, 6.45) is 4.70. The molecule has 1 heterocycles. The number of anilines is 1. The van der Waals surface area contributed by atoms with Crippen LogP contribution in [0.1, 0.15) is 33.6 Å². The third kappa shape index (κ3) is 4.27. The monoisotopic (exact) mass is 297 g/mol. The number of alkyl carbamates (subject to hydrolysis) is 1. The summed E-state index contributed by atoms with van der Waals surface area (Å²) in [5, 5.41) is 6.82. The highest BCUT2D eigenvalue weighted by molar-refractivity contribution is 6.33. The van der Waals surface area contributed by atoms with E-state index in [1.807, 2.05) is 20.8 Å². The van der Waals surface area contributed by atoms with Gasteiger partial charge in [-0.2, -0.15) is 0 Å². The molecule has 1 aliphatic rings. The highest BCUT2D eigenvalue weighted by atomic mass is 35.5. The van der Waals surface area contributed by atoms with Gasteiger partial charge in [0.1, 0.15) is 5.60 Å². The number of rotatable bonds is 3. The Morgan fingerprint density at radius 1 is 1.40 bits per heavy atom. The number of aromatic nitrogens is 1. The zero-order valence-electron chi connectivity index (χ0n) is 11.9. The van der Waals surface area contributed by atoms with Crippen molar-refractivity contribution in [3.05, 3.63) is 23.5 Å². The number of pyridine rings is 1. The maximum absolute atomic E-state index is 11.6. The lowest BCUT2D eigenvalue weighted by atomic mass is 9.87. The lowest BCUT2D eigenvalue weighted by Gasteiger charge is -2.37. The first-order valence-corrected chi connectivity index (χ1v) is 7.07. The van der Waals surface area contributed by atoms with Gasteiger partial charge >= 0.3 is 6.09 Å². The van der Waals surface area contributed by atoms with Crippen molar-refractivity contribution in [1.82, 2.24) is 10.3 Å². The van der Waals surface area contributed by atoms with Gasteiger partial charge in [-0.1, -0.05) is 11.6 Å². The number of carbonyl (C=O) groups is 1. The van der Waals surface area contributed by atoms with Crippen molar-refractivity contribution in [1.29, 1.82) is 0 Å². The molecule has 0 aromatic carbocycles. The van der Waals surface area contributed by atoms with E-state index in [0.29, 0.717) is 11.1 Å². The first-order chi connectivity index (χ1) is 9.33. The second kappa shape index (κ2) is 5.87. The lowest BCUT2D eigenvalue weighted by Crippen LogP contribution is -2.50. The fourth-order valence-corrected chi connectivity index (χ4v) is 2.19. The summed E-state index contributed by atoms with van der Waals surface area (Å²) in [6, 6.07) is 2.20. The van der Waals surface area contributed by atoms with E-state index in [9.17, 15) is 4.79 Å². The average molecular weight is 298 g/mol. The molecule has 2 rings (SSSR count). The van der Waals surface area contributed by atoms with Crippen molar-refractivity contribution in [2.75, 3.05) is 5.32 Å². The molecule has 2 N–H and O–H groups in total. The van der Waals surface area contributed by atoms with Crippen LogP contribution in [0.3, 0.4) is 0 Å². The normalized spacial score (nSPS) is 21.8. The number of nitrogens with one attached hydrogen (secondary N) is 2. The highest BCUT2D eigenvalue weighted by Gasteiger charge is 2.31. The van der Waals surface area contributed by atoms with Gasteiger partial charge < -0.3 is 15.4 Å². The Morgan fingerprint density at radius 3 is 2.70 bits per heavy atom. The molecule has 5 nitrogen and oxygen atoms in total. The van der Waals surface area contributed by atoms with Crippen LogP contribution in [0.4, 0.5) is 10.5 Å². The van der Waals surface area contributed by atoms with E-state index in [4.69, 9.17) is 16.3 Å². The summed E-state index contributed by atoms with van der Waals surface area (Å²) in [5.41, 5.74) is 0.365. The molecular weight excluding hydrogens is 278 g/mol. The summed E-state index contributed by atoms with van der Waals surface area (Å²) in [4.78, 5) is 15.6. The Kier molecular flexibility index (Phi) is 4.38. The minimum atomic E-state index is -0.464. The number of hydrogen-bond acceptors (Lipinski definition) is 4. The maximum Gasteiger partial charge on any atom is 0.407 e. The Labute approximate surface area is 124 Å². The maximum atomic E-state index is 11.6. The van der Waals surface area contributed by atoms with Crippen LogP contribution in [0.5, 0.6) is 0 Å². The van der Waals surface area contributed by atoms with E-state index in [0.717, 1.165) is 18.5 Å². The second-order valence-electron chi connectivity index (χ2n) is 6.01. The van der Waals surface area contributed by atoms with Crippen LogP contribution in [-0.4, -0.2) is 28.8 Å². The minimum Gasteiger partial charge on any atom is -0.444 e. The summed E-state index contributed by atoms with van der Waals surface area (Å²) < 4.78 is 5.22. The Bertz CT molecular complexity index is 482. The smallest absolute Gasteiger partial charge is 0.407 e. The van der Waals surface area contributed by atoms with Gasteiger partial charge in [-0.15, -0.1) is 0 Å². The van der Waals surface area contributed by atoms with Crippen molar-refractivity contribution < 1.29 is 9.53 Å². The van der Waals surface area contributed by atoms with Gasteiger partial charge in [0, 0.05) is 18.3 Å². The number of halogens is 1. The van der Waals surface area contributed by atoms with Crippen molar-refractivity contribution in [2.24, 2.45) is 0 Å². The molecule has 0 spiro atoms. The molecule has 1 saturated carbocycles. The molecule has 1 aliphatic carbocycles. The van der Waals surface area contributed by atoms with Crippen molar-refractivity contribution in [3.8, 4) is 0 Å². The standard InChI is InChI=1S/C14H20ClN3O2/c1-14(2,3)20-13(19)18-10-6-9(7-10)17-12-8-16-5-4-11(12)15/h4-5,8-10,17H,6-7H2,1-3H3,(H,18,19). The Hall–Kier alpha value is -1.49. The summed E-state index contributed by atoms with van der Waals surface area (Å²) in [5.74, 6) is 0. The van der Waals surface area contributed by atoms with E-state index >= 15 is 0 Å². The van der Waals surface area contributed by atoms with Crippen LogP contribution in [0.15, 0.2) is 18.5 Å². The fourth-order valence-electron chi connectivity index (χ4n) is 2.03. The molecule has 20 heavy (non-hydrogen) atoms. The first kappa shape index (κ1) is 14.9. The highest BCUT2D eigenvalue weighted by Crippen LogP contribution is 2.27. The number of hydrogen-bond donors (Lipinski definition) is 2. The molecule has 0 aliphatic heterocycles. The zero-order valence-corrected chi connectivity index (χ0v) is 12.7. The number of amides is 1. The molecule has 110 valence electrons. The number of carbonyl (C=O) groups excluding carboxylic acids is 1. The van der Waals surface area contributed by atoms with E-state index in [-0.39, 0.29) is 12.1 Å². The summed E-state index contributed by atoms with van der Waals surface area (Å²) >= 11 is 6.05. The molecule has 0 unspecified atom stereocenters. The van der Waals surface area contributed by atoms with Gasteiger partial charge in [0.05, 0.1) is 16.9 Å². The van der Waals surface area contributed by atoms with Crippen LogP contribution in [-0.2, 0) is 4.74 Å². The predicted octanol–water partition coefficient (Wildman–Crippen LogP) is 3.20. The van der Waals surface area contributed by atoms with Gasteiger partial charge in [-0.25, -0.2) is 4.79 Å². The van der Waals surface area contributed by atoms with Crippen molar-refractivity contribution in [2.45, 2.75) is 51.3 Å². The SMILES string of the molecule is CC(C)(C)OC(=O)NC1CC(Nc2cnccc2Cl)C1. The topological polar surface area (TPSA) is 63.2 Å². The quantitative estimate of drug-likeness (QED) is 0.899. The summed E-state index contributed by atoms with van der Waals surface area (Å²) in [7, 11) is 0. The largest absolute Gasteiger partial charge is 0.444 e.